The number of rotatable bonds is 15. The van der Waals surface area contributed by atoms with Gasteiger partial charge in [0.15, 0.2) is 0 Å². The van der Waals surface area contributed by atoms with Crippen molar-refractivity contribution in [3.05, 3.63) is 0 Å². The van der Waals surface area contributed by atoms with E-state index < -0.39 is 78.7 Å². The maximum atomic E-state index is 12.6. The van der Waals surface area contributed by atoms with E-state index in [1.165, 1.54) is 11.8 Å². The van der Waals surface area contributed by atoms with E-state index in [0.29, 0.717) is 5.75 Å². The highest BCUT2D eigenvalue weighted by molar-refractivity contribution is 7.98. The number of primary amides is 1. The molecule has 0 aromatic heterocycles. The SMILES string of the molecule is CSCCC(N)C(=O)NC(CC(=O)O)C(=O)NC(C(=O)NC(CC(N)=O)C(=O)O)C(C)O. The Morgan fingerprint density at radius 1 is 0.906 bits per heavy atom. The lowest BCUT2D eigenvalue weighted by atomic mass is 10.1. The van der Waals surface area contributed by atoms with Crippen molar-refractivity contribution >= 4 is 47.3 Å². The van der Waals surface area contributed by atoms with Crippen molar-refractivity contribution in [1.82, 2.24) is 16.0 Å². The van der Waals surface area contributed by atoms with E-state index >= 15 is 0 Å². The Labute approximate surface area is 187 Å². The van der Waals surface area contributed by atoms with Crippen LogP contribution in [0.25, 0.3) is 0 Å². The predicted molar refractivity (Wildman–Crippen MR) is 112 cm³/mol. The molecule has 0 saturated heterocycles. The van der Waals surface area contributed by atoms with Crippen molar-refractivity contribution in [2.75, 3.05) is 12.0 Å². The number of hydrogen-bond donors (Lipinski definition) is 8. The zero-order chi connectivity index (χ0) is 25.0. The smallest absolute Gasteiger partial charge is 0.326 e. The highest BCUT2D eigenvalue weighted by Gasteiger charge is 2.33. The second kappa shape index (κ2) is 14.2. The molecule has 14 nitrogen and oxygen atoms in total. The van der Waals surface area contributed by atoms with Crippen LogP contribution >= 0.6 is 11.8 Å². The van der Waals surface area contributed by atoms with Gasteiger partial charge >= 0.3 is 11.9 Å². The molecule has 0 aliphatic heterocycles. The van der Waals surface area contributed by atoms with E-state index in [4.69, 9.17) is 21.7 Å². The highest BCUT2D eigenvalue weighted by Crippen LogP contribution is 2.03. The Balaban J connectivity index is 5.41. The molecule has 32 heavy (non-hydrogen) atoms. The first kappa shape index (κ1) is 29.1. The van der Waals surface area contributed by atoms with Crippen molar-refractivity contribution in [2.45, 2.75) is 56.5 Å². The van der Waals surface area contributed by atoms with Crippen molar-refractivity contribution in [1.29, 1.82) is 0 Å². The number of aliphatic hydroxyl groups is 1. The molecule has 15 heteroatoms. The van der Waals surface area contributed by atoms with E-state index in [0.717, 1.165) is 6.92 Å². The van der Waals surface area contributed by atoms with Gasteiger partial charge in [-0.2, -0.15) is 11.8 Å². The van der Waals surface area contributed by atoms with Crippen LogP contribution in [0.5, 0.6) is 0 Å². The first-order valence-electron chi connectivity index (χ1n) is 9.36. The van der Waals surface area contributed by atoms with Gasteiger partial charge in [0.2, 0.25) is 23.6 Å². The Hall–Kier alpha value is -2.91. The quantitative estimate of drug-likeness (QED) is 0.114. The van der Waals surface area contributed by atoms with Crippen LogP contribution in [-0.4, -0.2) is 93.2 Å². The van der Waals surface area contributed by atoms with Gasteiger partial charge < -0.3 is 42.7 Å². The summed E-state index contributed by atoms with van der Waals surface area (Å²) < 4.78 is 0. The molecule has 0 rings (SSSR count). The molecule has 0 aliphatic rings. The summed E-state index contributed by atoms with van der Waals surface area (Å²) in [5.74, 6) is -6.57. The summed E-state index contributed by atoms with van der Waals surface area (Å²) in [6.07, 6.45) is -1.07. The average molecular weight is 480 g/mol. The lowest BCUT2D eigenvalue weighted by molar-refractivity contribution is -0.145. The minimum absolute atomic E-state index is 0.267. The highest BCUT2D eigenvalue weighted by atomic mass is 32.2. The molecule has 0 fully saturated rings. The number of aliphatic hydroxyl groups excluding tert-OH is 1. The van der Waals surface area contributed by atoms with Gasteiger partial charge in [0, 0.05) is 0 Å². The minimum Gasteiger partial charge on any atom is -0.481 e. The summed E-state index contributed by atoms with van der Waals surface area (Å²) in [6.45, 7) is 1.11. The van der Waals surface area contributed by atoms with Crippen LogP contribution in [0.15, 0.2) is 0 Å². The number of carboxylic acid groups (broad SMARTS) is 2. The van der Waals surface area contributed by atoms with Crippen LogP contribution in [0.2, 0.25) is 0 Å². The number of carboxylic acids is 2. The molecule has 0 bridgehead atoms. The second-order valence-corrected chi connectivity index (χ2v) is 7.83. The third-order valence-corrected chi connectivity index (χ3v) is 4.71. The number of aliphatic carboxylic acids is 2. The largest absolute Gasteiger partial charge is 0.481 e. The number of nitrogens with two attached hydrogens (primary N) is 2. The number of amides is 4. The molecule has 5 atom stereocenters. The molecular formula is C17H29N5O9S. The number of nitrogens with one attached hydrogen (secondary N) is 3. The number of thioether (sulfide) groups is 1. The first-order chi connectivity index (χ1) is 14.8. The zero-order valence-electron chi connectivity index (χ0n) is 17.6. The molecule has 0 spiro atoms. The topological polar surface area (TPSA) is 251 Å². The van der Waals surface area contributed by atoms with Crippen LogP contribution in [-0.2, 0) is 28.8 Å². The zero-order valence-corrected chi connectivity index (χ0v) is 18.4. The third-order valence-electron chi connectivity index (χ3n) is 4.06. The normalized spacial score (nSPS) is 15.4. The maximum Gasteiger partial charge on any atom is 0.326 e. The van der Waals surface area contributed by atoms with Crippen LogP contribution in [0, 0.1) is 0 Å². The van der Waals surface area contributed by atoms with E-state index in [2.05, 4.69) is 10.6 Å². The van der Waals surface area contributed by atoms with Gasteiger partial charge in [0.25, 0.3) is 0 Å². The Kier molecular flexibility index (Phi) is 12.9. The molecule has 10 N–H and O–H groups in total. The molecule has 0 aliphatic carbocycles. The first-order valence-corrected chi connectivity index (χ1v) is 10.8. The van der Waals surface area contributed by atoms with Crippen molar-refractivity contribution in [3.63, 3.8) is 0 Å². The summed E-state index contributed by atoms with van der Waals surface area (Å²) in [5.41, 5.74) is 10.6. The maximum absolute atomic E-state index is 12.6. The molecule has 0 aromatic carbocycles. The van der Waals surface area contributed by atoms with E-state index in [-0.39, 0.29) is 6.42 Å². The van der Waals surface area contributed by atoms with Crippen molar-refractivity contribution in [2.24, 2.45) is 11.5 Å². The summed E-state index contributed by atoms with van der Waals surface area (Å²) in [7, 11) is 0. The monoisotopic (exact) mass is 479 g/mol. The fourth-order valence-electron chi connectivity index (χ4n) is 2.36. The molecule has 182 valence electrons. The lowest BCUT2D eigenvalue weighted by Gasteiger charge is -2.25. The number of hydrogen-bond acceptors (Lipinski definition) is 9. The van der Waals surface area contributed by atoms with Crippen LogP contribution < -0.4 is 27.4 Å². The lowest BCUT2D eigenvalue weighted by Crippen LogP contribution is -2.60. The summed E-state index contributed by atoms with van der Waals surface area (Å²) in [4.78, 5) is 70.4. The van der Waals surface area contributed by atoms with Crippen LogP contribution in [0.3, 0.4) is 0 Å². The third kappa shape index (κ3) is 10.9. The minimum atomic E-state index is -1.73. The van der Waals surface area contributed by atoms with Gasteiger partial charge in [-0.1, -0.05) is 0 Å². The second-order valence-electron chi connectivity index (χ2n) is 6.84. The fraction of sp³-hybridized carbons (Fsp3) is 0.647. The predicted octanol–water partition coefficient (Wildman–Crippen LogP) is -3.66. The van der Waals surface area contributed by atoms with Gasteiger partial charge in [-0.3, -0.25) is 24.0 Å². The summed E-state index contributed by atoms with van der Waals surface area (Å²) >= 11 is 1.43. The van der Waals surface area contributed by atoms with Gasteiger partial charge in [0.1, 0.15) is 18.1 Å². The molecule has 0 heterocycles. The van der Waals surface area contributed by atoms with Gasteiger partial charge in [0.05, 0.1) is 25.0 Å². The van der Waals surface area contributed by atoms with Crippen LogP contribution in [0.4, 0.5) is 0 Å². The van der Waals surface area contributed by atoms with Crippen molar-refractivity contribution in [3.8, 4) is 0 Å². The standard InChI is InChI=1S/C17H29N5O9S/c1-7(23)13(16(29)21-10(17(30)31)5-11(19)24)22-15(28)9(6-12(25)26)20-14(27)8(18)3-4-32-2/h7-10,13,23H,3-6,18H2,1-2H3,(H2,19,24)(H,20,27)(H,21,29)(H,22,28)(H,25,26)(H,30,31). The Morgan fingerprint density at radius 3 is 1.91 bits per heavy atom. The fourth-order valence-corrected chi connectivity index (χ4v) is 2.85. The van der Waals surface area contributed by atoms with Crippen molar-refractivity contribution < 1.29 is 44.1 Å². The van der Waals surface area contributed by atoms with E-state index in [9.17, 15) is 33.9 Å². The molecular weight excluding hydrogens is 450 g/mol. The summed E-state index contributed by atoms with van der Waals surface area (Å²) in [6, 6.07) is -6.08. The molecule has 0 saturated carbocycles. The molecule has 5 unspecified atom stereocenters. The van der Waals surface area contributed by atoms with Gasteiger partial charge in [-0.05, 0) is 25.4 Å². The Morgan fingerprint density at radius 2 is 1.47 bits per heavy atom. The van der Waals surface area contributed by atoms with E-state index in [1.54, 1.807) is 6.26 Å². The summed E-state index contributed by atoms with van der Waals surface area (Å²) in [5, 5.41) is 34.2. The van der Waals surface area contributed by atoms with Crippen LogP contribution in [0.1, 0.15) is 26.2 Å². The van der Waals surface area contributed by atoms with Gasteiger partial charge in [-0.15, -0.1) is 0 Å². The number of carbonyl (C=O) groups is 6. The molecule has 4 amide bonds. The Bertz CT molecular complexity index is 719. The molecule has 0 radical (unpaired) electrons. The number of carbonyl (C=O) groups excluding carboxylic acids is 4. The van der Waals surface area contributed by atoms with Gasteiger partial charge in [-0.25, -0.2) is 4.79 Å². The molecule has 0 aromatic rings. The van der Waals surface area contributed by atoms with E-state index in [1.807, 2.05) is 5.32 Å². The average Bonchev–Trinajstić information content (AvgIpc) is 2.67.